The van der Waals surface area contributed by atoms with Crippen molar-refractivity contribution in [2.24, 2.45) is 0 Å². The highest BCUT2D eigenvalue weighted by molar-refractivity contribution is 5.98. The Bertz CT molecular complexity index is 1110. The van der Waals surface area contributed by atoms with Gasteiger partial charge < -0.3 is 27.2 Å². The van der Waals surface area contributed by atoms with E-state index in [2.05, 4.69) is 17.4 Å². The molecule has 3 aromatic carbocycles. The zero-order valence-electron chi connectivity index (χ0n) is 17.6. The standard InChI is InChI=1S/C27H24N2O2.BrH/c30-26(24-13-11-23(12-14-24)22-9-5-2-6-10-22)20-29-17-15-25(16-18-29)27(31)28-19-21-7-3-1-4-8-21;/h1-17H,18-20H2,(H,28,31);1H/p-1. The molecule has 4 rings (SSSR count). The summed E-state index contributed by atoms with van der Waals surface area (Å²) < 4.78 is 0. The van der Waals surface area contributed by atoms with Gasteiger partial charge in [-0.25, -0.2) is 0 Å². The number of Topliss-reactive ketones (excluding diaryl/α,β-unsaturated/α-hetero) is 1. The van der Waals surface area contributed by atoms with Crippen LogP contribution in [-0.2, 0) is 11.3 Å². The molecule has 0 atom stereocenters. The van der Waals surface area contributed by atoms with E-state index in [1.807, 2.05) is 90.0 Å². The first-order chi connectivity index (χ1) is 15.2. The SMILES string of the molecule is O=C(NCc1ccccc1)C1=CCN(CC(=O)c2ccc(-c3ccccc3)cc2)C=C1.[Br-]. The maximum Gasteiger partial charge on any atom is 0.251 e. The first-order valence-electron chi connectivity index (χ1n) is 10.3. The lowest BCUT2D eigenvalue weighted by molar-refractivity contribution is -0.117. The van der Waals surface area contributed by atoms with Crippen molar-refractivity contribution in [2.45, 2.75) is 6.54 Å². The molecule has 1 aliphatic rings. The number of benzene rings is 3. The fourth-order valence-corrected chi connectivity index (χ4v) is 3.45. The molecule has 1 amide bonds. The van der Waals surface area contributed by atoms with E-state index in [0.29, 0.717) is 24.2 Å². The van der Waals surface area contributed by atoms with E-state index in [4.69, 9.17) is 0 Å². The smallest absolute Gasteiger partial charge is 0.251 e. The second-order valence-electron chi connectivity index (χ2n) is 7.44. The van der Waals surface area contributed by atoms with Crippen molar-refractivity contribution < 1.29 is 26.6 Å². The van der Waals surface area contributed by atoms with Crippen molar-refractivity contribution >= 4 is 11.7 Å². The van der Waals surface area contributed by atoms with Gasteiger partial charge in [0.2, 0.25) is 0 Å². The third kappa shape index (κ3) is 6.05. The average Bonchev–Trinajstić information content (AvgIpc) is 2.84. The number of carbonyl (C=O) groups is 2. The molecule has 0 radical (unpaired) electrons. The number of carbonyl (C=O) groups excluding carboxylic acids is 2. The largest absolute Gasteiger partial charge is 1.00 e. The molecule has 5 heteroatoms. The zero-order valence-corrected chi connectivity index (χ0v) is 19.2. The summed E-state index contributed by atoms with van der Waals surface area (Å²) in [5, 5.41) is 2.92. The van der Waals surface area contributed by atoms with E-state index in [9.17, 15) is 9.59 Å². The van der Waals surface area contributed by atoms with E-state index >= 15 is 0 Å². The maximum absolute atomic E-state index is 12.7. The first kappa shape index (κ1) is 23.2. The molecule has 162 valence electrons. The molecule has 0 spiro atoms. The molecule has 1 N–H and O–H groups in total. The molecule has 3 aromatic rings. The summed E-state index contributed by atoms with van der Waals surface area (Å²) in [6.45, 7) is 1.29. The van der Waals surface area contributed by atoms with Gasteiger partial charge in [-0.05, 0) is 22.8 Å². The Hall–Kier alpha value is -3.44. The Morgan fingerprint density at radius 2 is 1.44 bits per heavy atom. The second kappa shape index (κ2) is 11.3. The summed E-state index contributed by atoms with van der Waals surface area (Å²) in [4.78, 5) is 26.9. The van der Waals surface area contributed by atoms with Crippen LogP contribution in [0.4, 0.5) is 0 Å². The Balaban J connectivity index is 0.00000289. The minimum absolute atomic E-state index is 0. The lowest BCUT2D eigenvalue weighted by atomic mass is 10.0. The molecular weight excluding hydrogens is 464 g/mol. The van der Waals surface area contributed by atoms with Crippen molar-refractivity contribution in [3.63, 3.8) is 0 Å². The molecule has 0 saturated heterocycles. The highest BCUT2D eigenvalue weighted by Crippen LogP contribution is 2.19. The van der Waals surface area contributed by atoms with Crippen molar-refractivity contribution in [3.05, 3.63) is 120 Å². The van der Waals surface area contributed by atoms with Gasteiger partial charge in [-0.1, -0.05) is 91.0 Å². The molecule has 4 nitrogen and oxygen atoms in total. The van der Waals surface area contributed by atoms with Gasteiger partial charge >= 0.3 is 0 Å². The summed E-state index contributed by atoms with van der Waals surface area (Å²) >= 11 is 0. The molecule has 0 unspecified atom stereocenters. The Morgan fingerprint density at radius 1 is 0.812 bits per heavy atom. The van der Waals surface area contributed by atoms with E-state index in [1.165, 1.54) is 0 Å². The molecule has 0 bridgehead atoms. The molecule has 32 heavy (non-hydrogen) atoms. The topological polar surface area (TPSA) is 49.4 Å². The lowest BCUT2D eigenvalue weighted by Crippen LogP contribution is -3.00. The van der Waals surface area contributed by atoms with Gasteiger partial charge in [-0.2, -0.15) is 0 Å². The van der Waals surface area contributed by atoms with Crippen LogP contribution in [0.3, 0.4) is 0 Å². The van der Waals surface area contributed by atoms with E-state index in [-0.39, 0.29) is 35.2 Å². The number of halogens is 1. The van der Waals surface area contributed by atoms with Crippen molar-refractivity contribution in [3.8, 4) is 11.1 Å². The van der Waals surface area contributed by atoms with Gasteiger partial charge in [0, 0.05) is 30.4 Å². The van der Waals surface area contributed by atoms with Crippen LogP contribution in [0.1, 0.15) is 15.9 Å². The normalized spacial score (nSPS) is 12.5. The molecule has 0 aliphatic carbocycles. The third-order valence-corrected chi connectivity index (χ3v) is 5.23. The third-order valence-electron chi connectivity index (χ3n) is 5.23. The van der Waals surface area contributed by atoms with Crippen LogP contribution in [-0.4, -0.2) is 29.7 Å². The predicted octanol–water partition coefficient (Wildman–Crippen LogP) is 1.61. The molecular formula is C27H24BrN2O2-. The summed E-state index contributed by atoms with van der Waals surface area (Å²) in [5.41, 5.74) is 4.57. The molecule has 1 heterocycles. The minimum atomic E-state index is -0.109. The summed E-state index contributed by atoms with van der Waals surface area (Å²) in [5.74, 6) is -0.0581. The number of rotatable bonds is 7. The quantitative estimate of drug-likeness (QED) is 0.515. The number of nitrogens with one attached hydrogen (secondary N) is 1. The van der Waals surface area contributed by atoms with Gasteiger partial charge in [0.15, 0.2) is 5.78 Å². The molecule has 0 fully saturated rings. The van der Waals surface area contributed by atoms with E-state index in [0.717, 1.165) is 16.7 Å². The highest BCUT2D eigenvalue weighted by Gasteiger charge is 2.15. The average molecular weight is 488 g/mol. The molecule has 0 saturated carbocycles. The molecule has 0 aromatic heterocycles. The van der Waals surface area contributed by atoms with Crippen LogP contribution in [0, 0.1) is 0 Å². The number of amides is 1. The lowest BCUT2D eigenvalue weighted by Gasteiger charge is -2.21. The fraction of sp³-hybridized carbons (Fsp3) is 0.111. The Labute approximate surface area is 199 Å². The monoisotopic (exact) mass is 487 g/mol. The summed E-state index contributed by atoms with van der Waals surface area (Å²) in [6.07, 6.45) is 5.43. The van der Waals surface area contributed by atoms with Crippen molar-refractivity contribution in [2.75, 3.05) is 13.1 Å². The van der Waals surface area contributed by atoms with Gasteiger partial charge in [0.1, 0.15) is 0 Å². The highest BCUT2D eigenvalue weighted by atomic mass is 79.9. The van der Waals surface area contributed by atoms with Crippen molar-refractivity contribution in [1.29, 1.82) is 0 Å². The van der Waals surface area contributed by atoms with Crippen molar-refractivity contribution in [1.82, 2.24) is 10.2 Å². The predicted molar refractivity (Wildman–Crippen MR) is 123 cm³/mol. The van der Waals surface area contributed by atoms with Crippen LogP contribution in [0.15, 0.2) is 109 Å². The van der Waals surface area contributed by atoms with E-state index in [1.54, 1.807) is 6.08 Å². The molecule has 1 aliphatic heterocycles. The first-order valence-corrected chi connectivity index (χ1v) is 10.3. The number of nitrogens with zero attached hydrogens (tertiary/aromatic N) is 1. The number of ketones is 1. The minimum Gasteiger partial charge on any atom is -1.00 e. The summed E-state index contributed by atoms with van der Waals surface area (Å²) in [6, 6.07) is 27.6. The number of hydrogen-bond acceptors (Lipinski definition) is 3. The van der Waals surface area contributed by atoms with Crippen LogP contribution in [0.25, 0.3) is 11.1 Å². The Morgan fingerprint density at radius 3 is 2.06 bits per heavy atom. The summed E-state index contributed by atoms with van der Waals surface area (Å²) in [7, 11) is 0. The van der Waals surface area contributed by atoms with Gasteiger partial charge in [-0.15, -0.1) is 0 Å². The second-order valence-corrected chi connectivity index (χ2v) is 7.44. The van der Waals surface area contributed by atoms with Crippen LogP contribution >= 0.6 is 0 Å². The van der Waals surface area contributed by atoms with Crippen LogP contribution in [0.5, 0.6) is 0 Å². The maximum atomic E-state index is 12.7. The fourth-order valence-electron chi connectivity index (χ4n) is 3.45. The van der Waals surface area contributed by atoms with Crippen LogP contribution in [0.2, 0.25) is 0 Å². The van der Waals surface area contributed by atoms with Gasteiger partial charge in [-0.3, -0.25) is 9.59 Å². The van der Waals surface area contributed by atoms with Crippen LogP contribution < -0.4 is 22.3 Å². The van der Waals surface area contributed by atoms with E-state index < -0.39 is 0 Å². The zero-order chi connectivity index (χ0) is 21.5. The number of hydrogen-bond donors (Lipinski definition) is 1. The Kier molecular flexibility index (Phi) is 8.17. The van der Waals surface area contributed by atoms with Gasteiger partial charge in [0.25, 0.3) is 5.91 Å². The van der Waals surface area contributed by atoms with Gasteiger partial charge in [0.05, 0.1) is 6.54 Å².